The zero-order valence-corrected chi connectivity index (χ0v) is 9.78. The molecule has 0 saturated carbocycles. The lowest BCUT2D eigenvalue weighted by atomic mass is 9.92. The third-order valence-electron chi connectivity index (χ3n) is 3.17. The molecule has 0 spiro atoms. The van der Waals surface area contributed by atoms with Gasteiger partial charge in [-0.15, -0.1) is 11.6 Å². The normalized spacial score (nSPS) is 36.1. The summed E-state index contributed by atoms with van der Waals surface area (Å²) in [6.45, 7) is 1.78. The molecule has 0 aromatic heterocycles. The summed E-state index contributed by atoms with van der Waals surface area (Å²) in [4.78, 5) is 22.7. The van der Waals surface area contributed by atoms with E-state index in [1.165, 1.54) is 0 Å². The summed E-state index contributed by atoms with van der Waals surface area (Å²) >= 11 is 5.61. The summed E-state index contributed by atoms with van der Waals surface area (Å²) in [5.74, 6) is 0.579. The van der Waals surface area contributed by atoms with E-state index in [0.717, 1.165) is 12.8 Å². The highest BCUT2D eigenvalue weighted by molar-refractivity contribution is 6.17. The van der Waals surface area contributed by atoms with E-state index in [4.69, 9.17) is 11.6 Å². The van der Waals surface area contributed by atoms with Crippen molar-refractivity contribution in [2.24, 2.45) is 0 Å². The van der Waals surface area contributed by atoms with E-state index < -0.39 is 11.3 Å². The predicted molar refractivity (Wildman–Crippen MR) is 59.0 cm³/mol. The Morgan fingerprint density at radius 1 is 1.06 bits per heavy atom. The van der Waals surface area contributed by atoms with Crippen LogP contribution in [0.5, 0.6) is 0 Å². The maximum Gasteiger partial charge on any atom is 0.318 e. The summed E-state index contributed by atoms with van der Waals surface area (Å²) in [5.41, 5.74) is -1.51. The molecular formula is C9H15ClN4O2. The molecule has 0 aliphatic carbocycles. The number of unbranched alkanes of at least 4 members (excludes halogenated alkanes) is 1. The van der Waals surface area contributed by atoms with Crippen LogP contribution in [-0.2, 0) is 0 Å². The van der Waals surface area contributed by atoms with Crippen molar-refractivity contribution < 1.29 is 9.59 Å². The second kappa shape index (κ2) is 3.69. The molecule has 2 aliphatic heterocycles. The second-order valence-electron chi connectivity index (χ2n) is 4.33. The van der Waals surface area contributed by atoms with Crippen molar-refractivity contribution >= 4 is 23.7 Å². The van der Waals surface area contributed by atoms with Crippen LogP contribution >= 0.6 is 11.6 Å². The Kier molecular flexibility index (Phi) is 2.61. The van der Waals surface area contributed by atoms with Crippen molar-refractivity contribution in [2.45, 2.75) is 37.5 Å². The molecule has 7 heteroatoms. The molecule has 2 saturated heterocycles. The van der Waals surface area contributed by atoms with Crippen LogP contribution in [0.3, 0.4) is 0 Å². The molecule has 0 atom stereocenters. The van der Waals surface area contributed by atoms with Gasteiger partial charge in [0.25, 0.3) is 0 Å². The van der Waals surface area contributed by atoms with E-state index in [1.807, 2.05) is 0 Å². The lowest BCUT2D eigenvalue weighted by Crippen LogP contribution is -2.64. The van der Waals surface area contributed by atoms with Crippen LogP contribution < -0.4 is 21.3 Å². The van der Waals surface area contributed by atoms with Crippen molar-refractivity contribution in [3.05, 3.63) is 0 Å². The van der Waals surface area contributed by atoms with Crippen molar-refractivity contribution in [3.63, 3.8) is 0 Å². The molecule has 4 N–H and O–H groups in total. The number of hydrogen-bond donors (Lipinski definition) is 4. The summed E-state index contributed by atoms with van der Waals surface area (Å²) < 4.78 is 0. The first-order valence-corrected chi connectivity index (χ1v) is 5.81. The Morgan fingerprint density at radius 2 is 1.62 bits per heavy atom. The number of rotatable bonds is 4. The summed E-state index contributed by atoms with van der Waals surface area (Å²) in [7, 11) is 0. The summed E-state index contributed by atoms with van der Waals surface area (Å²) in [5, 5.41) is 11.0. The number of alkyl halides is 1. The lowest BCUT2D eigenvalue weighted by molar-refractivity contribution is 0.206. The van der Waals surface area contributed by atoms with E-state index in [0.29, 0.717) is 12.3 Å². The van der Waals surface area contributed by atoms with Gasteiger partial charge in [0.05, 0.1) is 0 Å². The predicted octanol–water partition coefficient (Wildman–Crippen LogP) is 0.434. The standard InChI is InChI=1S/C9H15ClN4O2/c1-8-9(4-2-3-5-10,13-6(15)11-8)14-7(16)12-8/h2-5H2,1H3,(H2,11,13,15)(H2,12,14,16). The number of halogens is 1. The molecule has 0 aromatic rings. The van der Waals surface area contributed by atoms with Crippen LogP contribution in [0.25, 0.3) is 0 Å². The zero-order chi connectivity index (χ0) is 11.8. The fourth-order valence-corrected chi connectivity index (χ4v) is 2.48. The largest absolute Gasteiger partial charge is 0.318 e. The van der Waals surface area contributed by atoms with Gasteiger partial charge in [-0.25, -0.2) is 9.59 Å². The number of urea groups is 2. The molecule has 0 aromatic carbocycles. The number of fused-ring (bicyclic) bond motifs is 1. The van der Waals surface area contributed by atoms with Gasteiger partial charge < -0.3 is 21.3 Å². The molecule has 90 valence electrons. The number of nitrogens with one attached hydrogen (secondary N) is 4. The van der Waals surface area contributed by atoms with Crippen molar-refractivity contribution in [1.29, 1.82) is 0 Å². The summed E-state index contributed by atoms with van der Waals surface area (Å²) in [6, 6.07) is -0.554. The van der Waals surface area contributed by atoms with Crippen LogP contribution in [-0.4, -0.2) is 29.3 Å². The minimum atomic E-state index is -0.770. The van der Waals surface area contributed by atoms with Gasteiger partial charge >= 0.3 is 12.1 Å². The first kappa shape index (κ1) is 11.3. The molecule has 4 amide bonds. The fourth-order valence-electron chi connectivity index (χ4n) is 2.29. The molecule has 6 nitrogen and oxygen atoms in total. The topological polar surface area (TPSA) is 82.3 Å². The average Bonchev–Trinajstić information content (AvgIpc) is 2.49. The highest BCUT2D eigenvalue weighted by Gasteiger charge is 2.61. The zero-order valence-electron chi connectivity index (χ0n) is 9.02. The minimum Gasteiger partial charge on any atom is -0.312 e. The highest BCUT2D eigenvalue weighted by Crippen LogP contribution is 2.31. The van der Waals surface area contributed by atoms with Crippen LogP contribution in [0.1, 0.15) is 26.2 Å². The van der Waals surface area contributed by atoms with Gasteiger partial charge in [0.1, 0.15) is 0 Å². The van der Waals surface area contributed by atoms with Crippen molar-refractivity contribution in [1.82, 2.24) is 21.3 Å². The highest BCUT2D eigenvalue weighted by atomic mass is 35.5. The van der Waals surface area contributed by atoms with Crippen LogP contribution in [0.4, 0.5) is 9.59 Å². The van der Waals surface area contributed by atoms with Gasteiger partial charge in [-0.05, 0) is 26.2 Å². The van der Waals surface area contributed by atoms with E-state index in [2.05, 4.69) is 21.3 Å². The van der Waals surface area contributed by atoms with Crippen LogP contribution in [0.2, 0.25) is 0 Å². The number of carbonyl (C=O) groups is 2. The van der Waals surface area contributed by atoms with Crippen LogP contribution in [0, 0.1) is 0 Å². The van der Waals surface area contributed by atoms with Crippen molar-refractivity contribution in [3.8, 4) is 0 Å². The monoisotopic (exact) mass is 246 g/mol. The molecule has 16 heavy (non-hydrogen) atoms. The Bertz CT molecular complexity index is 313. The number of hydrogen-bond acceptors (Lipinski definition) is 2. The third kappa shape index (κ3) is 1.57. The van der Waals surface area contributed by atoms with Gasteiger partial charge in [0.15, 0.2) is 11.3 Å². The molecule has 2 rings (SSSR count). The molecule has 0 unspecified atom stereocenters. The van der Waals surface area contributed by atoms with Gasteiger partial charge in [0, 0.05) is 5.88 Å². The first-order valence-electron chi connectivity index (χ1n) is 5.28. The Balaban J connectivity index is 2.14. The maximum atomic E-state index is 11.4. The maximum absolute atomic E-state index is 11.4. The summed E-state index contributed by atoms with van der Waals surface area (Å²) in [6.07, 6.45) is 2.34. The Morgan fingerprint density at radius 3 is 2.12 bits per heavy atom. The van der Waals surface area contributed by atoms with Gasteiger partial charge in [-0.3, -0.25) is 0 Å². The molecule has 0 bridgehead atoms. The second-order valence-corrected chi connectivity index (χ2v) is 4.71. The number of carbonyl (C=O) groups excluding carboxylic acids is 2. The average molecular weight is 247 g/mol. The van der Waals surface area contributed by atoms with E-state index in [1.54, 1.807) is 6.92 Å². The van der Waals surface area contributed by atoms with Gasteiger partial charge in [-0.2, -0.15) is 0 Å². The molecule has 0 radical (unpaired) electrons. The molecule has 2 aliphatic rings. The quantitative estimate of drug-likeness (QED) is 0.429. The molecule has 2 fully saturated rings. The molecular weight excluding hydrogens is 232 g/mol. The fraction of sp³-hybridized carbons (Fsp3) is 0.778. The first-order chi connectivity index (χ1) is 7.51. The lowest BCUT2D eigenvalue weighted by Gasteiger charge is -2.34. The Hall–Kier alpha value is -1.17. The van der Waals surface area contributed by atoms with E-state index >= 15 is 0 Å². The van der Waals surface area contributed by atoms with Crippen molar-refractivity contribution in [2.75, 3.05) is 5.88 Å². The minimum absolute atomic E-state index is 0.277. The SMILES string of the molecule is CC12NC(=O)NC1(CCCCCl)NC(=O)N2. The Labute approximate surface area is 98.5 Å². The van der Waals surface area contributed by atoms with E-state index in [9.17, 15) is 9.59 Å². The van der Waals surface area contributed by atoms with Crippen LogP contribution in [0.15, 0.2) is 0 Å². The van der Waals surface area contributed by atoms with Gasteiger partial charge in [-0.1, -0.05) is 0 Å². The van der Waals surface area contributed by atoms with Gasteiger partial charge in [0.2, 0.25) is 0 Å². The third-order valence-corrected chi connectivity index (χ3v) is 3.44. The number of amides is 4. The smallest absolute Gasteiger partial charge is 0.312 e. The molecule has 2 heterocycles. The van der Waals surface area contributed by atoms with E-state index in [-0.39, 0.29) is 12.1 Å².